The molecule has 0 aliphatic heterocycles. The van der Waals surface area contributed by atoms with E-state index in [0.29, 0.717) is 18.7 Å². The van der Waals surface area contributed by atoms with Gasteiger partial charge in [-0.2, -0.15) is 0 Å². The van der Waals surface area contributed by atoms with Gasteiger partial charge in [0.25, 0.3) is 5.91 Å². The minimum absolute atomic E-state index is 0.296. The molecule has 0 radical (unpaired) electrons. The van der Waals surface area contributed by atoms with E-state index >= 15 is 0 Å². The number of rotatable bonds is 7. The van der Waals surface area contributed by atoms with Crippen molar-refractivity contribution in [1.29, 1.82) is 0 Å². The zero-order valence-corrected chi connectivity index (χ0v) is 14.7. The fourth-order valence-corrected chi connectivity index (χ4v) is 2.61. The fourth-order valence-electron chi connectivity index (χ4n) is 2.61. The first-order valence-electron chi connectivity index (χ1n) is 8.06. The minimum Gasteiger partial charge on any atom is -0.488 e. The third kappa shape index (κ3) is 4.79. The number of amides is 1. The van der Waals surface area contributed by atoms with E-state index in [2.05, 4.69) is 4.98 Å². The van der Waals surface area contributed by atoms with Crippen molar-refractivity contribution in [3.63, 3.8) is 0 Å². The Morgan fingerprint density at radius 1 is 1.24 bits per heavy atom. The molecule has 1 aromatic carbocycles. The zero-order chi connectivity index (χ0) is 18.4. The highest BCUT2D eigenvalue weighted by molar-refractivity contribution is 5.96. The number of aliphatic carboxylic acids is 1. The van der Waals surface area contributed by atoms with Crippen molar-refractivity contribution in [1.82, 2.24) is 9.88 Å². The van der Waals surface area contributed by atoms with Gasteiger partial charge in [-0.25, -0.2) is 0 Å². The van der Waals surface area contributed by atoms with Crippen LogP contribution in [-0.4, -0.2) is 40.0 Å². The number of pyridine rings is 1. The molecular weight excluding hydrogens is 320 g/mol. The number of likely N-dealkylation sites (N-methyl/N-ethyl adjacent to an activating group) is 1. The number of hydrogen-bond acceptors (Lipinski definition) is 4. The van der Waals surface area contributed by atoms with Gasteiger partial charge in [-0.1, -0.05) is 6.07 Å². The highest BCUT2D eigenvalue weighted by Crippen LogP contribution is 2.26. The van der Waals surface area contributed by atoms with E-state index in [1.54, 1.807) is 31.5 Å². The summed E-state index contributed by atoms with van der Waals surface area (Å²) in [6.07, 6.45) is 3.45. The van der Waals surface area contributed by atoms with Crippen LogP contribution < -0.4 is 4.74 Å². The molecule has 0 atom stereocenters. The molecule has 0 aliphatic rings. The molecule has 1 aromatic heterocycles. The lowest BCUT2D eigenvalue weighted by molar-refractivity contribution is -0.137. The Morgan fingerprint density at radius 3 is 2.44 bits per heavy atom. The number of nitrogens with zero attached hydrogens (tertiary/aromatic N) is 2. The quantitative estimate of drug-likeness (QED) is 0.837. The molecule has 2 rings (SSSR count). The molecule has 1 amide bonds. The summed E-state index contributed by atoms with van der Waals surface area (Å²) in [7, 11) is 0. The number of benzene rings is 1. The predicted molar refractivity (Wildman–Crippen MR) is 93.7 cm³/mol. The second-order valence-corrected chi connectivity index (χ2v) is 5.80. The Balaban J connectivity index is 2.18. The second-order valence-electron chi connectivity index (χ2n) is 5.80. The van der Waals surface area contributed by atoms with Crippen molar-refractivity contribution in [3.8, 4) is 5.75 Å². The van der Waals surface area contributed by atoms with Crippen molar-refractivity contribution in [2.24, 2.45) is 0 Å². The first kappa shape index (κ1) is 18.4. The van der Waals surface area contributed by atoms with Gasteiger partial charge < -0.3 is 14.7 Å². The van der Waals surface area contributed by atoms with E-state index in [-0.39, 0.29) is 12.5 Å². The number of ether oxygens (including phenoxy) is 1. The lowest BCUT2D eigenvalue weighted by Crippen LogP contribution is -2.35. The molecule has 1 N–H and O–H groups in total. The lowest BCUT2D eigenvalue weighted by Gasteiger charge is -2.20. The molecule has 0 fully saturated rings. The molecule has 2 aromatic rings. The van der Waals surface area contributed by atoms with Gasteiger partial charge in [0, 0.05) is 30.1 Å². The number of aromatic nitrogens is 1. The molecule has 0 saturated heterocycles. The van der Waals surface area contributed by atoms with Gasteiger partial charge in [0.15, 0.2) is 0 Å². The Bertz CT molecular complexity index is 736. The third-order valence-corrected chi connectivity index (χ3v) is 3.81. The number of carboxylic acids is 1. The van der Waals surface area contributed by atoms with Gasteiger partial charge in [-0.15, -0.1) is 0 Å². The van der Waals surface area contributed by atoms with Crippen LogP contribution >= 0.6 is 0 Å². The molecule has 25 heavy (non-hydrogen) atoms. The molecular formula is C19H22N2O4. The summed E-state index contributed by atoms with van der Waals surface area (Å²) in [5, 5.41) is 8.92. The second kappa shape index (κ2) is 8.28. The number of carbonyl (C=O) groups excluding carboxylic acids is 1. The number of carboxylic acid groups (broad SMARTS) is 1. The molecule has 0 bridgehead atoms. The average Bonchev–Trinajstić information content (AvgIpc) is 2.59. The summed E-state index contributed by atoms with van der Waals surface area (Å²) < 4.78 is 5.88. The minimum atomic E-state index is -1.03. The molecule has 0 spiro atoms. The predicted octanol–water partition coefficient (Wildman–Crippen LogP) is 2.82. The first-order chi connectivity index (χ1) is 11.9. The van der Waals surface area contributed by atoms with Crippen LogP contribution in [0.4, 0.5) is 0 Å². The van der Waals surface area contributed by atoms with Gasteiger partial charge in [-0.3, -0.25) is 14.6 Å². The fraction of sp³-hybridized carbons (Fsp3) is 0.316. The van der Waals surface area contributed by atoms with E-state index in [9.17, 15) is 9.59 Å². The van der Waals surface area contributed by atoms with Crippen molar-refractivity contribution in [3.05, 3.63) is 58.9 Å². The van der Waals surface area contributed by atoms with Crippen LogP contribution in [0.15, 0.2) is 36.7 Å². The third-order valence-electron chi connectivity index (χ3n) is 3.81. The van der Waals surface area contributed by atoms with Gasteiger partial charge in [0.05, 0.1) is 0 Å². The number of carbonyl (C=O) groups is 2. The summed E-state index contributed by atoms with van der Waals surface area (Å²) in [4.78, 5) is 28.8. The van der Waals surface area contributed by atoms with E-state index in [1.165, 1.54) is 4.90 Å². The summed E-state index contributed by atoms with van der Waals surface area (Å²) in [5.41, 5.74) is 3.09. The number of aryl methyl sites for hydroxylation is 2. The summed E-state index contributed by atoms with van der Waals surface area (Å²) in [6.45, 7) is 5.91. The van der Waals surface area contributed by atoms with Crippen molar-refractivity contribution in [2.45, 2.75) is 27.4 Å². The summed E-state index contributed by atoms with van der Waals surface area (Å²) >= 11 is 0. The van der Waals surface area contributed by atoms with Crippen LogP contribution in [0.1, 0.15) is 34.0 Å². The van der Waals surface area contributed by atoms with Gasteiger partial charge in [0.2, 0.25) is 0 Å². The molecule has 0 unspecified atom stereocenters. The first-order valence-corrected chi connectivity index (χ1v) is 8.06. The maximum atomic E-state index is 12.5. The van der Waals surface area contributed by atoms with Crippen LogP contribution in [0.2, 0.25) is 0 Å². The zero-order valence-electron chi connectivity index (χ0n) is 14.7. The highest BCUT2D eigenvalue weighted by Gasteiger charge is 2.19. The molecule has 1 heterocycles. The average molecular weight is 342 g/mol. The van der Waals surface area contributed by atoms with E-state index in [0.717, 1.165) is 22.4 Å². The molecule has 0 aliphatic carbocycles. The van der Waals surface area contributed by atoms with Crippen LogP contribution in [-0.2, 0) is 11.4 Å². The van der Waals surface area contributed by atoms with E-state index in [1.807, 2.05) is 26.0 Å². The van der Waals surface area contributed by atoms with Crippen molar-refractivity contribution in [2.75, 3.05) is 13.1 Å². The maximum absolute atomic E-state index is 12.5. The molecule has 6 nitrogen and oxygen atoms in total. The summed E-state index contributed by atoms with van der Waals surface area (Å²) in [5.74, 6) is -0.600. The smallest absolute Gasteiger partial charge is 0.323 e. The van der Waals surface area contributed by atoms with Crippen LogP contribution in [0, 0.1) is 13.8 Å². The van der Waals surface area contributed by atoms with Gasteiger partial charge in [-0.05, 0) is 50.1 Å². The normalized spacial score (nSPS) is 10.4. The van der Waals surface area contributed by atoms with Crippen molar-refractivity contribution < 1.29 is 19.4 Å². The SMILES string of the molecule is CCN(CC(=O)O)C(=O)c1cc(C)c(OCc2cccnc2)c(C)c1. The van der Waals surface area contributed by atoms with Crippen LogP contribution in [0.5, 0.6) is 5.75 Å². The van der Waals surface area contributed by atoms with Gasteiger partial charge >= 0.3 is 5.97 Å². The molecule has 0 saturated carbocycles. The van der Waals surface area contributed by atoms with Crippen LogP contribution in [0.25, 0.3) is 0 Å². The van der Waals surface area contributed by atoms with Crippen molar-refractivity contribution >= 4 is 11.9 Å². The Labute approximate surface area is 147 Å². The maximum Gasteiger partial charge on any atom is 0.323 e. The molecule has 132 valence electrons. The van der Waals surface area contributed by atoms with Gasteiger partial charge in [0.1, 0.15) is 18.9 Å². The van der Waals surface area contributed by atoms with E-state index < -0.39 is 5.97 Å². The Kier molecular flexibility index (Phi) is 6.11. The van der Waals surface area contributed by atoms with Crippen LogP contribution in [0.3, 0.4) is 0 Å². The lowest BCUT2D eigenvalue weighted by atomic mass is 10.0. The Hall–Kier alpha value is -2.89. The highest BCUT2D eigenvalue weighted by atomic mass is 16.5. The topological polar surface area (TPSA) is 79.7 Å². The monoisotopic (exact) mass is 342 g/mol. The largest absolute Gasteiger partial charge is 0.488 e. The summed E-state index contributed by atoms with van der Waals surface area (Å²) in [6, 6.07) is 7.25. The Morgan fingerprint density at radius 2 is 1.92 bits per heavy atom. The standard InChI is InChI=1S/C19H22N2O4/c1-4-21(11-17(22)23)19(24)16-8-13(2)18(14(3)9-16)25-12-15-6-5-7-20-10-15/h5-10H,4,11-12H2,1-3H3,(H,22,23). The van der Waals surface area contributed by atoms with E-state index in [4.69, 9.17) is 9.84 Å². The molecule has 6 heteroatoms. The number of hydrogen-bond donors (Lipinski definition) is 1.